The zero-order valence-electron chi connectivity index (χ0n) is 16.0. The molecule has 0 aromatic carbocycles. The van der Waals surface area contributed by atoms with Gasteiger partial charge in [0.15, 0.2) is 0 Å². The minimum atomic E-state index is 0.365. The van der Waals surface area contributed by atoms with Crippen molar-refractivity contribution in [2.75, 3.05) is 31.1 Å². The summed E-state index contributed by atoms with van der Waals surface area (Å²) >= 11 is 0. The maximum absolute atomic E-state index is 8.95. The molecule has 142 valence electrons. The number of aromatic nitrogens is 4. The van der Waals surface area contributed by atoms with E-state index in [0.717, 1.165) is 49.9 Å². The Bertz CT molecular complexity index is 799. The van der Waals surface area contributed by atoms with Crippen molar-refractivity contribution in [1.29, 1.82) is 5.26 Å². The highest BCUT2D eigenvalue weighted by atomic mass is 15.3. The van der Waals surface area contributed by atoms with Crippen LogP contribution in [0, 0.1) is 11.3 Å². The lowest BCUT2D eigenvalue weighted by molar-refractivity contribution is 0.213. The molecule has 2 aromatic rings. The Morgan fingerprint density at radius 1 is 1.11 bits per heavy atom. The van der Waals surface area contributed by atoms with Gasteiger partial charge in [-0.2, -0.15) is 5.26 Å². The molecular formula is C20H27N7. The van der Waals surface area contributed by atoms with E-state index in [9.17, 15) is 0 Å². The summed E-state index contributed by atoms with van der Waals surface area (Å²) in [5.41, 5.74) is 0.600. The Kier molecular flexibility index (Phi) is 5.35. The van der Waals surface area contributed by atoms with Crippen molar-refractivity contribution in [3.63, 3.8) is 0 Å². The molecule has 27 heavy (non-hydrogen) atoms. The molecule has 0 aliphatic carbocycles. The minimum absolute atomic E-state index is 0.365. The van der Waals surface area contributed by atoms with Gasteiger partial charge in [0.2, 0.25) is 0 Å². The lowest BCUT2D eigenvalue weighted by Crippen LogP contribution is -2.36. The highest BCUT2D eigenvalue weighted by Crippen LogP contribution is 2.28. The van der Waals surface area contributed by atoms with E-state index in [1.807, 2.05) is 12.1 Å². The van der Waals surface area contributed by atoms with Gasteiger partial charge in [-0.3, -0.25) is 4.90 Å². The summed E-state index contributed by atoms with van der Waals surface area (Å²) in [6, 6.07) is 5.91. The summed E-state index contributed by atoms with van der Waals surface area (Å²) in [5, 5.41) is 18.0. The van der Waals surface area contributed by atoms with Crippen LogP contribution in [0.3, 0.4) is 0 Å². The Balaban J connectivity index is 1.45. The van der Waals surface area contributed by atoms with E-state index in [2.05, 4.69) is 42.7 Å². The number of nitrogens with zero attached hydrogens (tertiary/aromatic N) is 7. The number of pyridine rings is 1. The first-order valence-corrected chi connectivity index (χ1v) is 9.96. The van der Waals surface area contributed by atoms with E-state index >= 15 is 0 Å². The second kappa shape index (κ2) is 8.05. The summed E-state index contributed by atoms with van der Waals surface area (Å²) < 4.78 is 2.20. The fourth-order valence-electron chi connectivity index (χ4n) is 4.22. The molecule has 0 unspecified atom stereocenters. The van der Waals surface area contributed by atoms with Crippen molar-refractivity contribution in [1.82, 2.24) is 24.6 Å². The summed E-state index contributed by atoms with van der Waals surface area (Å²) in [6.07, 6.45) is 7.82. The molecule has 0 amide bonds. The Morgan fingerprint density at radius 2 is 1.96 bits per heavy atom. The van der Waals surface area contributed by atoms with Crippen molar-refractivity contribution < 1.29 is 0 Å². The van der Waals surface area contributed by atoms with Gasteiger partial charge >= 0.3 is 0 Å². The van der Waals surface area contributed by atoms with Crippen molar-refractivity contribution in [3.05, 3.63) is 35.5 Å². The highest BCUT2D eigenvalue weighted by molar-refractivity contribution is 5.42. The molecule has 2 fully saturated rings. The third kappa shape index (κ3) is 3.96. The first-order valence-electron chi connectivity index (χ1n) is 9.96. The van der Waals surface area contributed by atoms with E-state index in [1.54, 1.807) is 6.20 Å². The van der Waals surface area contributed by atoms with Gasteiger partial charge in [-0.1, -0.05) is 6.42 Å². The minimum Gasteiger partial charge on any atom is -0.356 e. The van der Waals surface area contributed by atoms with Crippen molar-refractivity contribution in [2.45, 2.75) is 44.6 Å². The van der Waals surface area contributed by atoms with Crippen LogP contribution in [-0.2, 0) is 13.6 Å². The van der Waals surface area contributed by atoms with Gasteiger partial charge in [-0.15, -0.1) is 10.2 Å². The fraction of sp³-hybridized carbons (Fsp3) is 0.600. The molecule has 0 spiro atoms. The Hall–Kier alpha value is -2.46. The maximum atomic E-state index is 8.95. The molecule has 2 aromatic heterocycles. The monoisotopic (exact) mass is 365 g/mol. The quantitative estimate of drug-likeness (QED) is 0.829. The number of nitriles is 1. The molecule has 0 saturated carbocycles. The molecule has 2 aliphatic heterocycles. The molecule has 4 heterocycles. The third-order valence-corrected chi connectivity index (χ3v) is 5.80. The van der Waals surface area contributed by atoms with Crippen molar-refractivity contribution >= 4 is 5.82 Å². The number of anilines is 1. The smallest absolute Gasteiger partial charge is 0.146 e. The lowest BCUT2D eigenvalue weighted by Gasteiger charge is -2.33. The van der Waals surface area contributed by atoms with Gasteiger partial charge in [0.1, 0.15) is 23.5 Å². The Labute approximate surface area is 160 Å². The van der Waals surface area contributed by atoms with Gasteiger partial charge in [-0.25, -0.2) is 4.98 Å². The highest BCUT2D eigenvalue weighted by Gasteiger charge is 2.27. The van der Waals surface area contributed by atoms with Gasteiger partial charge in [0.05, 0.1) is 12.1 Å². The van der Waals surface area contributed by atoms with Crippen molar-refractivity contribution in [3.8, 4) is 6.07 Å². The number of likely N-dealkylation sites (tertiary alicyclic amines) is 1. The average molecular weight is 365 g/mol. The largest absolute Gasteiger partial charge is 0.356 e. The normalized spacial score (nSPS) is 21.2. The zero-order valence-corrected chi connectivity index (χ0v) is 16.0. The molecule has 0 radical (unpaired) electrons. The Morgan fingerprint density at radius 3 is 2.70 bits per heavy atom. The molecule has 4 rings (SSSR count). The third-order valence-electron chi connectivity index (χ3n) is 5.80. The number of rotatable bonds is 4. The average Bonchev–Trinajstić information content (AvgIpc) is 3.09. The van der Waals surface area contributed by atoms with Crippen LogP contribution in [0.1, 0.15) is 55.2 Å². The number of piperidine rings is 2. The first kappa shape index (κ1) is 17.9. The van der Waals surface area contributed by atoms with Crippen LogP contribution in [0.5, 0.6) is 0 Å². The van der Waals surface area contributed by atoms with Crippen LogP contribution in [0.4, 0.5) is 5.82 Å². The predicted octanol–water partition coefficient (Wildman–Crippen LogP) is 2.45. The summed E-state index contributed by atoms with van der Waals surface area (Å²) in [5.74, 6) is 3.46. The second-order valence-electron chi connectivity index (χ2n) is 7.67. The first-order chi connectivity index (χ1) is 13.2. The topological polar surface area (TPSA) is 73.9 Å². The molecule has 7 heteroatoms. The molecule has 0 N–H and O–H groups in total. The predicted molar refractivity (Wildman–Crippen MR) is 103 cm³/mol. The van der Waals surface area contributed by atoms with E-state index in [-0.39, 0.29) is 0 Å². The lowest BCUT2D eigenvalue weighted by atomic mass is 9.97. The zero-order chi connectivity index (χ0) is 18.6. The van der Waals surface area contributed by atoms with Crippen LogP contribution < -0.4 is 4.90 Å². The van der Waals surface area contributed by atoms with Gasteiger partial charge in [0.25, 0.3) is 0 Å². The summed E-state index contributed by atoms with van der Waals surface area (Å²) in [4.78, 5) is 9.25. The van der Waals surface area contributed by atoms with Gasteiger partial charge in [0, 0.05) is 32.3 Å². The van der Waals surface area contributed by atoms with Crippen LogP contribution >= 0.6 is 0 Å². The SMILES string of the molecule is Cn1c(CN2CCCCC2)nnc1[C@@H]1CCCN(c2ccc(C#N)cn2)C1. The molecular weight excluding hydrogens is 338 g/mol. The molecule has 0 bridgehead atoms. The van der Waals surface area contributed by atoms with E-state index in [0.29, 0.717) is 11.5 Å². The number of hydrogen-bond acceptors (Lipinski definition) is 6. The number of hydrogen-bond donors (Lipinski definition) is 0. The van der Waals surface area contributed by atoms with E-state index in [1.165, 1.54) is 32.4 Å². The second-order valence-corrected chi connectivity index (χ2v) is 7.67. The van der Waals surface area contributed by atoms with E-state index < -0.39 is 0 Å². The molecule has 2 saturated heterocycles. The molecule has 1 atom stereocenters. The van der Waals surface area contributed by atoms with Crippen LogP contribution in [0.2, 0.25) is 0 Å². The van der Waals surface area contributed by atoms with Gasteiger partial charge < -0.3 is 9.47 Å². The van der Waals surface area contributed by atoms with Crippen LogP contribution in [0.15, 0.2) is 18.3 Å². The van der Waals surface area contributed by atoms with Gasteiger partial charge in [-0.05, 0) is 50.9 Å². The van der Waals surface area contributed by atoms with Crippen molar-refractivity contribution in [2.24, 2.45) is 7.05 Å². The van der Waals surface area contributed by atoms with Crippen LogP contribution in [0.25, 0.3) is 0 Å². The van der Waals surface area contributed by atoms with E-state index in [4.69, 9.17) is 5.26 Å². The van der Waals surface area contributed by atoms with Crippen LogP contribution in [-0.4, -0.2) is 50.8 Å². The molecule has 2 aliphatic rings. The maximum Gasteiger partial charge on any atom is 0.146 e. The standard InChI is InChI=1S/C20H27N7/c1-25-19(15-26-9-3-2-4-10-26)23-24-20(25)17-6-5-11-27(14-17)18-8-7-16(12-21)13-22-18/h7-8,13,17H,2-6,9-11,14-15H2,1H3/t17-/m1/s1. The summed E-state index contributed by atoms with van der Waals surface area (Å²) in [6.45, 7) is 5.13. The summed E-state index contributed by atoms with van der Waals surface area (Å²) in [7, 11) is 2.10. The fourth-order valence-corrected chi connectivity index (χ4v) is 4.22. The molecule has 7 nitrogen and oxygen atoms in total.